The van der Waals surface area contributed by atoms with Crippen LogP contribution in [0.4, 0.5) is 0 Å². The van der Waals surface area contributed by atoms with Crippen molar-refractivity contribution in [2.75, 3.05) is 0 Å². The van der Waals surface area contributed by atoms with Crippen molar-refractivity contribution in [1.29, 1.82) is 0 Å². The molecular formula is C14H15BrClN3O. The number of benzene rings is 1. The number of nitrogens with zero attached hydrogens (tertiary/aromatic N) is 3. The molecule has 1 aromatic carbocycles. The van der Waals surface area contributed by atoms with Crippen molar-refractivity contribution < 1.29 is 4.79 Å². The lowest BCUT2D eigenvalue weighted by Crippen LogP contribution is -2.14. The second-order valence-corrected chi connectivity index (χ2v) is 6.36. The standard InChI is InChI=1S/C14H15BrClN3O/c1-9(2)7-19-14(17-8-18-19)6-13(20)10-3-11(15)5-12(16)4-10/h3-5,8-9H,6-7H2,1-2H3. The highest BCUT2D eigenvalue weighted by Gasteiger charge is 2.14. The Morgan fingerprint density at radius 3 is 2.80 bits per heavy atom. The van der Waals surface area contributed by atoms with E-state index >= 15 is 0 Å². The molecule has 2 aromatic rings. The van der Waals surface area contributed by atoms with Gasteiger partial charge in [-0.05, 0) is 24.1 Å². The fraction of sp³-hybridized carbons (Fsp3) is 0.357. The van der Waals surface area contributed by atoms with Crippen molar-refractivity contribution in [3.8, 4) is 0 Å². The Kier molecular flexibility index (Phi) is 4.94. The van der Waals surface area contributed by atoms with Gasteiger partial charge in [-0.3, -0.25) is 4.79 Å². The number of halogens is 2. The molecule has 0 aliphatic rings. The monoisotopic (exact) mass is 355 g/mol. The molecule has 0 saturated carbocycles. The lowest BCUT2D eigenvalue weighted by molar-refractivity contribution is 0.0989. The maximum Gasteiger partial charge on any atom is 0.170 e. The van der Waals surface area contributed by atoms with Crippen LogP contribution in [0.2, 0.25) is 5.02 Å². The molecular weight excluding hydrogens is 342 g/mol. The SMILES string of the molecule is CC(C)Cn1ncnc1CC(=O)c1cc(Cl)cc(Br)c1. The number of ketones is 1. The van der Waals surface area contributed by atoms with E-state index in [-0.39, 0.29) is 12.2 Å². The Morgan fingerprint density at radius 2 is 2.15 bits per heavy atom. The number of carbonyl (C=O) groups is 1. The normalized spacial score (nSPS) is 11.1. The number of hydrogen-bond donors (Lipinski definition) is 0. The van der Waals surface area contributed by atoms with Gasteiger partial charge in [-0.2, -0.15) is 5.10 Å². The summed E-state index contributed by atoms with van der Waals surface area (Å²) in [5.74, 6) is 1.11. The Hall–Kier alpha value is -1.20. The zero-order valence-corrected chi connectivity index (χ0v) is 13.6. The third-order valence-electron chi connectivity index (χ3n) is 2.74. The van der Waals surface area contributed by atoms with E-state index in [0.717, 1.165) is 11.0 Å². The fourth-order valence-electron chi connectivity index (χ4n) is 1.88. The molecule has 0 amide bonds. The average molecular weight is 357 g/mol. The Labute approximate surface area is 131 Å². The van der Waals surface area contributed by atoms with Crippen LogP contribution < -0.4 is 0 Å². The number of Topliss-reactive ketones (excluding diaryl/α,β-unsaturated/α-hetero) is 1. The van der Waals surface area contributed by atoms with E-state index in [1.165, 1.54) is 6.33 Å². The first-order chi connectivity index (χ1) is 9.45. The molecule has 0 radical (unpaired) electrons. The van der Waals surface area contributed by atoms with E-state index in [4.69, 9.17) is 11.6 Å². The first-order valence-corrected chi connectivity index (χ1v) is 7.48. The second kappa shape index (κ2) is 6.50. The van der Waals surface area contributed by atoms with Gasteiger partial charge in [0.25, 0.3) is 0 Å². The zero-order valence-electron chi connectivity index (χ0n) is 11.3. The van der Waals surface area contributed by atoms with E-state index in [1.54, 1.807) is 22.9 Å². The Balaban J connectivity index is 2.17. The molecule has 0 fully saturated rings. The second-order valence-electron chi connectivity index (χ2n) is 5.01. The Bertz CT molecular complexity index is 604. The van der Waals surface area contributed by atoms with Crippen LogP contribution in [0.3, 0.4) is 0 Å². The molecule has 0 saturated heterocycles. The molecule has 0 atom stereocenters. The van der Waals surface area contributed by atoms with Crippen LogP contribution in [-0.2, 0) is 13.0 Å². The summed E-state index contributed by atoms with van der Waals surface area (Å²) in [5, 5.41) is 4.69. The van der Waals surface area contributed by atoms with Gasteiger partial charge in [0.05, 0.1) is 6.42 Å². The molecule has 0 N–H and O–H groups in total. The van der Waals surface area contributed by atoms with Gasteiger partial charge >= 0.3 is 0 Å². The molecule has 20 heavy (non-hydrogen) atoms. The minimum absolute atomic E-state index is 0.0220. The van der Waals surface area contributed by atoms with E-state index in [2.05, 4.69) is 39.9 Å². The summed E-state index contributed by atoms with van der Waals surface area (Å²) < 4.78 is 2.57. The fourth-order valence-corrected chi connectivity index (χ4v) is 2.74. The maximum atomic E-state index is 12.3. The first-order valence-electron chi connectivity index (χ1n) is 6.31. The summed E-state index contributed by atoms with van der Waals surface area (Å²) in [6, 6.07) is 5.18. The first kappa shape index (κ1) is 15.2. The van der Waals surface area contributed by atoms with Gasteiger partial charge in [-0.1, -0.05) is 41.4 Å². The van der Waals surface area contributed by atoms with E-state index in [0.29, 0.717) is 22.3 Å². The highest BCUT2D eigenvalue weighted by molar-refractivity contribution is 9.10. The van der Waals surface area contributed by atoms with Gasteiger partial charge in [-0.15, -0.1) is 0 Å². The molecule has 6 heteroatoms. The van der Waals surface area contributed by atoms with Gasteiger partial charge in [0.15, 0.2) is 5.78 Å². The summed E-state index contributed by atoms with van der Waals surface area (Å²) in [6.07, 6.45) is 1.71. The summed E-state index contributed by atoms with van der Waals surface area (Å²) in [7, 11) is 0. The highest BCUT2D eigenvalue weighted by Crippen LogP contribution is 2.20. The summed E-state index contributed by atoms with van der Waals surface area (Å²) >= 11 is 9.30. The van der Waals surface area contributed by atoms with E-state index < -0.39 is 0 Å². The summed E-state index contributed by atoms with van der Waals surface area (Å²) in [5.41, 5.74) is 0.573. The quantitative estimate of drug-likeness (QED) is 0.766. The number of hydrogen-bond acceptors (Lipinski definition) is 3. The van der Waals surface area contributed by atoms with Crippen LogP contribution in [0, 0.1) is 5.92 Å². The number of carbonyl (C=O) groups excluding carboxylic acids is 1. The topological polar surface area (TPSA) is 47.8 Å². The third kappa shape index (κ3) is 3.90. The van der Waals surface area contributed by atoms with Gasteiger partial charge < -0.3 is 0 Å². The van der Waals surface area contributed by atoms with Crippen molar-refractivity contribution in [3.05, 3.63) is 45.4 Å². The van der Waals surface area contributed by atoms with Crippen LogP contribution in [0.1, 0.15) is 30.0 Å². The lowest BCUT2D eigenvalue weighted by atomic mass is 10.1. The number of rotatable bonds is 5. The molecule has 0 aliphatic heterocycles. The van der Waals surface area contributed by atoms with Crippen LogP contribution in [0.25, 0.3) is 0 Å². The Morgan fingerprint density at radius 1 is 1.40 bits per heavy atom. The molecule has 0 unspecified atom stereocenters. The summed E-state index contributed by atoms with van der Waals surface area (Å²) in [6.45, 7) is 4.95. The van der Waals surface area contributed by atoms with Crippen LogP contribution in [-0.4, -0.2) is 20.5 Å². The minimum Gasteiger partial charge on any atom is -0.294 e. The predicted octanol–water partition coefficient (Wildman–Crippen LogP) is 3.78. The van der Waals surface area contributed by atoms with Crippen LogP contribution >= 0.6 is 27.5 Å². The molecule has 4 nitrogen and oxygen atoms in total. The van der Waals surface area contributed by atoms with Crippen molar-refractivity contribution >= 4 is 33.3 Å². The van der Waals surface area contributed by atoms with Crippen molar-refractivity contribution in [1.82, 2.24) is 14.8 Å². The van der Waals surface area contributed by atoms with E-state index in [9.17, 15) is 4.79 Å². The molecule has 0 spiro atoms. The van der Waals surface area contributed by atoms with Gasteiger partial charge in [0.2, 0.25) is 0 Å². The van der Waals surface area contributed by atoms with Gasteiger partial charge in [-0.25, -0.2) is 9.67 Å². The predicted molar refractivity (Wildman–Crippen MR) is 82.0 cm³/mol. The van der Waals surface area contributed by atoms with Crippen LogP contribution in [0.15, 0.2) is 29.0 Å². The third-order valence-corrected chi connectivity index (χ3v) is 3.41. The smallest absolute Gasteiger partial charge is 0.170 e. The summed E-state index contributed by atoms with van der Waals surface area (Å²) in [4.78, 5) is 16.5. The van der Waals surface area contributed by atoms with Gasteiger partial charge in [0.1, 0.15) is 12.2 Å². The van der Waals surface area contributed by atoms with Crippen molar-refractivity contribution in [2.24, 2.45) is 5.92 Å². The minimum atomic E-state index is -0.0220. The van der Waals surface area contributed by atoms with Crippen molar-refractivity contribution in [2.45, 2.75) is 26.8 Å². The lowest BCUT2D eigenvalue weighted by Gasteiger charge is -2.08. The van der Waals surface area contributed by atoms with E-state index in [1.807, 2.05) is 0 Å². The zero-order chi connectivity index (χ0) is 14.7. The van der Waals surface area contributed by atoms with Crippen LogP contribution in [0.5, 0.6) is 0 Å². The molecule has 2 rings (SSSR count). The largest absolute Gasteiger partial charge is 0.294 e. The molecule has 1 aromatic heterocycles. The molecule has 0 bridgehead atoms. The molecule has 1 heterocycles. The van der Waals surface area contributed by atoms with Crippen molar-refractivity contribution in [3.63, 3.8) is 0 Å². The number of aromatic nitrogens is 3. The molecule has 106 valence electrons. The van der Waals surface area contributed by atoms with Gasteiger partial charge in [0, 0.05) is 21.6 Å². The molecule has 0 aliphatic carbocycles. The average Bonchev–Trinajstić information content (AvgIpc) is 2.74. The highest BCUT2D eigenvalue weighted by atomic mass is 79.9. The maximum absolute atomic E-state index is 12.3.